The minimum absolute atomic E-state index is 0.176. The number of primary amides is 1. The monoisotopic (exact) mass is 300 g/mol. The predicted molar refractivity (Wildman–Crippen MR) is 82.1 cm³/mol. The molecule has 2 rings (SSSR count). The van der Waals surface area contributed by atoms with Crippen LogP contribution in [0.15, 0.2) is 30.3 Å². The fourth-order valence-corrected chi connectivity index (χ4v) is 2.13. The lowest BCUT2D eigenvalue weighted by molar-refractivity contribution is 0.0996. The Bertz CT molecular complexity index is 737. The zero-order chi connectivity index (χ0) is 15.4. The number of carbonyl (C=O) groups excluding carboxylic acids is 1. The van der Waals surface area contributed by atoms with Gasteiger partial charge in [0, 0.05) is 12.1 Å². The smallest absolute Gasteiger partial charge is 0.269 e. The number of rotatable bonds is 4. The molecule has 2 aromatic rings. The van der Waals surface area contributed by atoms with Gasteiger partial charge < -0.3 is 11.1 Å². The average Bonchev–Trinajstić information content (AvgIpc) is 2.47. The lowest BCUT2D eigenvalue weighted by atomic mass is 10.1. The van der Waals surface area contributed by atoms with Crippen LogP contribution in [-0.4, -0.2) is 17.4 Å². The van der Waals surface area contributed by atoms with E-state index >= 15 is 0 Å². The second-order valence-corrected chi connectivity index (χ2v) is 4.70. The summed E-state index contributed by atoms with van der Waals surface area (Å²) in [6, 6.07) is 10.5. The van der Waals surface area contributed by atoms with Crippen molar-refractivity contribution >= 4 is 23.2 Å². The van der Waals surface area contributed by atoms with E-state index in [0.29, 0.717) is 34.1 Å². The number of nitrogens with one attached hydrogen (secondary N) is 1. The fourth-order valence-electron chi connectivity index (χ4n) is 1.91. The zero-order valence-corrected chi connectivity index (χ0v) is 12.1. The largest absolute Gasteiger partial charge is 0.383 e. The lowest BCUT2D eigenvalue weighted by Crippen LogP contribution is -2.16. The lowest BCUT2D eigenvalue weighted by Gasteiger charge is -2.10. The number of carbonyl (C=O) groups is 1. The summed E-state index contributed by atoms with van der Waals surface area (Å²) in [5.41, 5.74) is 7.79. The highest BCUT2D eigenvalue weighted by atomic mass is 35.5. The fraction of sp³-hybridized carbons (Fsp3) is 0.133. The number of hydrogen-bond acceptors (Lipinski definition) is 4. The van der Waals surface area contributed by atoms with E-state index in [0.717, 1.165) is 0 Å². The van der Waals surface area contributed by atoms with Gasteiger partial charge in [-0.25, -0.2) is 4.98 Å². The molecular weight excluding hydrogens is 288 g/mol. The molecule has 0 aliphatic rings. The summed E-state index contributed by atoms with van der Waals surface area (Å²) in [7, 11) is 0. The van der Waals surface area contributed by atoms with Gasteiger partial charge in [-0.2, -0.15) is 5.26 Å². The molecule has 0 saturated carbocycles. The van der Waals surface area contributed by atoms with E-state index < -0.39 is 5.91 Å². The van der Waals surface area contributed by atoms with Gasteiger partial charge in [0.1, 0.15) is 6.07 Å². The number of benzene rings is 1. The molecule has 0 bridgehead atoms. The summed E-state index contributed by atoms with van der Waals surface area (Å²) in [5, 5.41) is 12.2. The summed E-state index contributed by atoms with van der Waals surface area (Å²) in [6.45, 7) is 2.57. The third-order valence-electron chi connectivity index (χ3n) is 2.88. The summed E-state index contributed by atoms with van der Waals surface area (Å²) in [5.74, 6) is -0.604. The van der Waals surface area contributed by atoms with Crippen LogP contribution < -0.4 is 11.1 Å². The van der Waals surface area contributed by atoms with Gasteiger partial charge in [0.15, 0.2) is 5.69 Å². The van der Waals surface area contributed by atoms with Crippen molar-refractivity contribution < 1.29 is 4.79 Å². The molecule has 6 heteroatoms. The molecule has 0 atom stereocenters. The number of pyridine rings is 1. The van der Waals surface area contributed by atoms with Crippen molar-refractivity contribution in [1.82, 2.24) is 4.98 Å². The Morgan fingerprint density at radius 2 is 2.19 bits per heavy atom. The predicted octanol–water partition coefficient (Wildman–Crippen LogP) is 2.80. The molecule has 106 valence electrons. The molecule has 5 nitrogen and oxygen atoms in total. The molecule has 3 N–H and O–H groups in total. The third-order valence-corrected chi connectivity index (χ3v) is 3.19. The second kappa shape index (κ2) is 6.25. The molecular formula is C15H13ClN4O. The van der Waals surface area contributed by atoms with Gasteiger partial charge in [0.05, 0.1) is 22.0 Å². The molecule has 0 saturated heterocycles. The highest BCUT2D eigenvalue weighted by Gasteiger charge is 2.12. The standard InChI is InChI=1S/C15H13ClN4O/c1-2-19-13-6-5-12(20-14(13)15(18)21)9-3-4-10(8-17)11(16)7-9/h3-7,19H,2H2,1H3,(H2,18,21). The number of nitriles is 1. The average molecular weight is 301 g/mol. The summed E-state index contributed by atoms with van der Waals surface area (Å²) < 4.78 is 0. The molecule has 0 radical (unpaired) electrons. The van der Waals surface area contributed by atoms with Gasteiger partial charge in [-0.15, -0.1) is 0 Å². The van der Waals surface area contributed by atoms with Crippen LogP contribution in [0.1, 0.15) is 23.0 Å². The molecule has 21 heavy (non-hydrogen) atoms. The summed E-state index contributed by atoms with van der Waals surface area (Å²) in [4.78, 5) is 15.8. The number of hydrogen-bond donors (Lipinski definition) is 2. The number of amides is 1. The Hall–Kier alpha value is -2.58. The number of aromatic nitrogens is 1. The number of nitrogens with zero attached hydrogens (tertiary/aromatic N) is 2. The highest BCUT2D eigenvalue weighted by molar-refractivity contribution is 6.32. The van der Waals surface area contributed by atoms with Crippen molar-refractivity contribution in [3.63, 3.8) is 0 Å². The third kappa shape index (κ3) is 3.12. The maximum Gasteiger partial charge on any atom is 0.269 e. The molecule has 1 heterocycles. The molecule has 1 aromatic heterocycles. The van der Waals surface area contributed by atoms with Crippen molar-refractivity contribution in [2.75, 3.05) is 11.9 Å². The van der Waals surface area contributed by atoms with E-state index in [1.54, 1.807) is 30.3 Å². The molecule has 1 amide bonds. The first-order chi connectivity index (χ1) is 10.1. The molecule has 0 aliphatic carbocycles. The molecule has 0 unspecified atom stereocenters. The minimum Gasteiger partial charge on any atom is -0.383 e. The number of anilines is 1. The Morgan fingerprint density at radius 1 is 1.43 bits per heavy atom. The number of halogens is 1. The van der Waals surface area contributed by atoms with E-state index in [1.807, 2.05) is 13.0 Å². The van der Waals surface area contributed by atoms with Crippen molar-refractivity contribution in [3.05, 3.63) is 46.6 Å². The first-order valence-corrected chi connectivity index (χ1v) is 6.69. The molecule has 0 fully saturated rings. The van der Waals surface area contributed by atoms with E-state index in [2.05, 4.69) is 10.3 Å². The molecule has 1 aromatic carbocycles. The van der Waals surface area contributed by atoms with Crippen LogP contribution >= 0.6 is 11.6 Å². The first-order valence-electron chi connectivity index (χ1n) is 6.31. The van der Waals surface area contributed by atoms with Crippen LogP contribution in [0.5, 0.6) is 0 Å². The number of nitrogens with two attached hydrogens (primary N) is 1. The van der Waals surface area contributed by atoms with E-state index in [4.69, 9.17) is 22.6 Å². The van der Waals surface area contributed by atoms with Crippen LogP contribution in [0.3, 0.4) is 0 Å². The van der Waals surface area contributed by atoms with Crippen LogP contribution in [-0.2, 0) is 0 Å². The van der Waals surface area contributed by atoms with Crippen molar-refractivity contribution in [3.8, 4) is 17.3 Å². The van der Waals surface area contributed by atoms with Crippen LogP contribution in [0.4, 0.5) is 5.69 Å². The maximum absolute atomic E-state index is 11.5. The SMILES string of the molecule is CCNc1ccc(-c2ccc(C#N)c(Cl)c2)nc1C(N)=O. The Morgan fingerprint density at radius 3 is 2.76 bits per heavy atom. The van der Waals surface area contributed by atoms with Gasteiger partial charge >= 0.3 is 0 Å². The van der Waals surface area contributed by atoms with Gasteiger partial charge in [-0.3, -0.25) is 4.79 Å². The van der Waals surface area contributed by atoms with Crippen LogP contribution in [0, 0.1) is 11.3 Å². The Kier molecular flexibility index (Phi) is 4.41. The van der Waals surface area contributed by atoms with Crippen molar-refractivity contribution in [2.45, 2.75) is 6.92 Å². The molecule has 0 aliphatic heterocycles. The Balaban J connectivity index is 2.50. The van der Waals surface area contributed by atoms with Gasteiger partial charge in [-0.05, 0) is 31.2 Å². The van der Waals surface area contributed by atoms with E-state index in [1.165, 1.54) is 0 Å². The van der Waals surface area contributed by atoms with Crippen molar-refractivity contribution in [1.29, 1.82) is 5.26 Å². The van der Waals surface area contributed by atoms with E-state index in [9.17, 15) is 4.79 Å². The van der Waals surface area contributed by atoms with Crippen LogP contribution in [0.25, 0.3) is 11.3 Å². The van der Waals surface area contributed by atoms with Gasteiger partial charge in [-0.1, -0.05) is 17.7 Å². The summed E-state index contributed by atoms with van der Waals surface area (Å²) in [6.07, 6.45) is 0. The highest BCUT2D eigenvalue weighted by Crippen LogP contribution is 2.26. The Labute approximate surface area is 127 Å². The topological polar surface area (TPSA) is 91.8 Å². The maximum atomic E-state index is 11.5. The second-order valence-electron chi connectivity index (χ2n) is 4.29. The normalized spacial score (nSPS) is 9.95. The summed E-state index contributed by atoms with van der Waals surface area (Å²) >= 11 is 6.01. The van der Waals surface area contributed by atoms with Gasteiger partial charge in [0.25, 0.3) is 5.91 Å². The molecule has 0 spiro atoms. The van der Waals surface area contributed by atoms with Crippen LogP contribution in [0.2, 0.25) is 5.02 Å². The minimum atomic E-state index is -0.604. The van der Waals surface area contributed by atoms with Gasteiger partial charge in [0.2, 0.25) is 0 Å². The first kappa shape index (κ1) is 14.8. The quantitative estimate of drug-likeness (QED) is 0.908. The zero-order valence-electron chi connectivity index (χ0n) is 11.4. The van der Waals surface area contributed by atoms with E-state index in [-0.39, 0.29) is 5.69 Å². The van der Waals surface area contributed by atoms with Crippen molar-refractivity contribution in [2.24, 2.45) is 5.73 Å².